The molecule has 13 heavy (non-hydrogen) atoms. The molecule has 1 N–H and O–H groups in total. The Bertz CT molecular complexity index is 317. The van der Waals surface area contributed by atoms with Crippen molar-refractivity contribution in [2.75, 3.05) is 0 Å². The van der Waals surface area contributed by atoms with Crippen LogP contribution in [0.25, 0.3) is 0 Å². The maximum atomic E-state index is 10.7. The number of rotatable bonds is 3. The molecule has 5 nitrogen and oxygen atoms in total. The second-order valence-electron chi connectivity index (χ2n) is 2.96. The van der Waals surface area contributed by atoms with Gasteiger partial charge in [0, 0.05) is 7.05 Å². The molecule has 1 heterocycles. The zero-order chi connectivity index (χ0) is 10.0. The highest BCUT2D eigenvalue weighted by Gasteiger charge is 2.17. The molecule has 0 bridgehead atoms. The van der Waals surface area contributed by atoms with Crippen molar-refractivity contribution < 1.29 is 14.6 Å². The van der Waals surface area contributed by atoms with Gasteiger partial charge in [0.2, 0.25) is 5.88 Å². The Hall–Kier alpha value is -1.52. The van der Waals surface area contributed by atoms with Gasteiger partial charge in [-0.1, -0.05) is 0 Å². The molecule has 0 saturated heterocycles. The van der Waals surface area contributed by atoms with Crippen LogP contribution in [0.5, 0.6) is 5.88 Å². The summed E-state index contributed by atoms with van der Waals surface area (Å²) in [6.07, 6.45) is 1.22. The highest BCUT2D eigenvalue weighted by Crippen LogP contribution is 2.17. The van der Waals surface area contributed by atoms with Gasteiger partial charge >= 0.3 is 5.97 Å². The van der Waals surface area contributed by atoms with Crippen LogP contribution in [0.3, 0.4) is 0 Å². The number of aryl methyl sites for hydroxylation is 1. The fraction of sp³-hybridized carbons (Fsp3) is 0.500. The molecule has 0 spiro atoms. The van der Waals surface area contributed by atoms with Crippen LogP contribution in [-0.2, 0) is 7.05 Å². The van der Waals surface area contributed by atoms with E-state index in [0.29, 0.717) is 5.88 Å². The summed E-state index contributed by atoms with van der Waals surface area (Å²) in [5, 5.41) is 12.6. The fourth-order valence-corrected chi connectivity index (χ4v) is 0.936. The summed E-state index contributed by atoms with van der Waals surface area (Å²) in [6, 6.07) is 0. The van der Waals surface area contributed by atoms with Crippen LogP contribution < -0.4 is 4.74 Å². The molecular weight excluding hydrogens is 172 g/mol. The Labute approximate surface area is 75.9 Å². The first-order valence-electron chi connectivity index (χ1n) is 3.94. The van der Waals surface area contributed by atoms with E-state index in [9.17, 15) is 4.79 Å². The first-order valence-corrected chi connectivity index (χ1v) is 3.94. The molecule has 0 unspecified atom stereocenters. The minimum atomic E-state index is -1.02. The van der Waals surface area contributed by atoms with Crippen LogP contribution in [0.2, 0.25) is 0 Å². The summed E-state index contributed by atoms with van der Waals surface area (Å²) < 4.78 is 6.70. The lowest BCUT2D eigenvalue weighted by molar-refractivity contribution is 0.0689. The highest BCUT2D eigenvalue weighted by molar-refractivity contribution is 5.89. The molecule has 72 valence electrons. The summed E-state index contributed by atoms with van der Waals surface area (Å²) in [4.78, 5) is 10.7. The van der Waals surface area contributed by atoms with Crippen molar-refractivity contribution in [2.24, 2.45) is 7.05 Å². The summed E-state index contributed by atoms with van der Waals surface area (Å²) >= 11 is 0. The Balaban J connectivity index is 3.01. The van der Waals surface area contributed by atoms with Crippen LogP contribution in [0.4, 0.5) is 0 Å². The first kappa shape index (κ1) is 9.57. The third-order valence-electron chi connectivity index (χ3n) is 1.46. The molecule has 1 aromatic rings. The van der Waals surface area contributed by atoms with Gasteiger partial charge in [-0.3, -0.25) is 0 Å². The van der Waals surface area contributed by atoms with Gasteiger partial charge < -0.3 is 9.84 Å². The predicted molar refractivity (Wildman–Crippen MR) is 45.9 cm³/mol. The molecule has 0 radical (unpaired) electrons. The Morgan fingerprint density at radius 3 is 2.77 bits per heavy atom. The Morgan fingerprint density at radius 1 is 1.69 bits per heavy atom. The fourth-order valence-electron chi connectivity index (χ4n) is 0.936. The zero-order valence-electron chi connectivity index (χ0n) is 7.81. The molecule has 5 heteroatoms. The van der Waals surface area contributed by atoms with Crippen LogP contribution >= 0.6 is 0 Å². The van der Waals surface area contributed by atoms with Crippen LogP contribution in [0, 0.1) is 0 Å². The maximum Gasteiger partial charge on any atom is 0.342 e. The van der Waals surface area contributed by atoms with Crippen LogP contribution in [0.1, 0.15) is 24.2 Å². The van der Waals surface area contributed by atoms with E-state index in [-0.39, 0.29) is 11.7 Å². The van der Waals surface area contributed by atoms with Gasteiger partial charge in [0.05, 0.1) is 12.3 Å². The molecular formula is C8H12N2O3. The predicted octanol–water partition coefficient (Wildman–Crippen LogP) is 0.905. The number of aromatic nitrogens is 2. The van der Waals surface area contributed by atoms with Crippen LogP contribution in [0.15, 0.2) is 6.20 Å². The van der Waals surface area contributed by atoms with Gasteiger partial charge in [-0.15, -0.1) is 0 Å². The lowest BCUT2D eigenvalue weighted by Gasteiger charge is -2.09. The van der Waals surface area contributed by atoms with Crippen molar-refractivity contribution in [3.8, 4) is 5.88 Å². The molecule has 0 fully saturated rings. The number of carboxylic acids is 1. The Kier molecular flexibility index (Phi) is 2.55. The summed E-state index contributed by atoms with van der Waals surface area (Å²) in [5.74, 6) is -0.730. The largest absolute Gasteiger partial charge is 0.477 e. The summed E-state index contributed by atoms with van der Waals surface area (Å²) in [5.41, 5.74) is 0.0937. The molecule has 0 aliphatic heterocycles. The van der Waals surface area contributed by atoms with E-state index in [1.165, 1.54) is 10.9 Å². The van der Waals surface area contributed by atoms with E-state index >= 15 is 0 Å². The van der Waals surface area contributed by atoms with Gasteiger partial charge in [0.15, 0.2) is 0 Å². The third-order valence-corrected chi connectivity index (χ3v) is 1.46. The lowest BCUT2D eigenvalue weighted by atomic mass is 10.3. The van der Waals surface area contributed by atoms with Crippen molar-refractivity contribution in [3.63, 3.8) is 0 Å². The average Bonchev–Trinajstić information content (AvgIpc) is 2.32. The standard InChI is InChI=1S/C8H12N2O3/c1-5(2)13-7-6(8(11)12)4-9-10(7)3/h4-5H,1-3H3,(H,11,12). The van der Waals surface area contributed by atoms with Gasteiger partial charge in [-0.2, -0.15) is 5.10 Å². The molecule has 0 aromatic carbocycles. The molecule has 0 saturated carbocycles. The summed E-state index contributed by atoms with van der Waals surface area (Å²) in [7, 11) is 1.64. The molecule has 1 aromatic heterocycles. The minimum absolute atomic E-state index is 0.0616. The molecule has 0 amide bonds. The number of hydrogen-bond acceptors (Lipinski definition) is 3. The second kappa shape index (κ2) is 3.47. The number of carboxylic acid groups (broad SMARTS) is 1. The average molecular weight is 184 g/mol. The number of ether oxygens (including phenoxy) is 1. The topological polar surface area (TPSA) is 64.3 Å². The summed E-state index contributed by atoms with van der Waals surface area (Å²) in [6.45, 7) is 3.66. The van der Waals surface area contributed by atoms with Crippen molar-refractivity contribution in [1.82, 2.24) is 9.78 Å². The van der Waals surface area contributed by atoms with Crippen molar-refractivity contribution in [2.45, 2.75) is 20.0 Å². The Morgan fingerprint density at radius 2 is 2.31 bits per heavy atom. The van der Waals surface area contributed by atoms with Gasteiger partial charge in [0.1, 0.15) is 5.56 Å². The molecule has 0 aliphatic rings. The number of hydrogen-bond donors (Lipinski definition) is 1. The number of nitrogens with zero attached hydrogens (tertiary/aromatic N) is 2. The first-order chi connectivity index (χ1) is 6.02. The smallest absolute Gasteiger partial charge is 0.342 e. The van der Waals surface area contributed by atoms with E-state index in [4.69, 9.17) is 9.84 Å². The van der Waals surface area contributed by atoms with E-state index in [1.807, 2.05) is 13.8 Å². The van der Waals surface area contributed by atoms with E-state index in [2.05, 4.69) is 5.10 Å². The van der Waals surface area contributed by atoms with Gasteiger partial charge in [-0.25, -0.2) is 9.48 Å². The monoisotopic (exact) mass is 184 g/mol. The minimum Gasteiger partial charge on any atom is -0.477 e. The maximum absolute atomic E-state index is 10.7. The van der Waals surface area contributed by atoms with Crippen molar-refractivity contribution >= 4 is 5.97 Å². The van der Waals surface area contributed by atoms with E-state index in [1.54, 1.807) is 7.05 Å². The second-order valence-corrected chi connectivity index (χ2v) is 2.96. The van der Waals surface area contributed by atoms with Crippen LogP contribution in [-0.4, -0.2) is 27.0 Å². The number of carbonyl (C=O) groups is 1. The highest BCUT2D eigenvalue weighted by atomic mass is 16.5. The van der Waals surface area contributed by atoms with Crippen molar-refractivity contribution in [3.05, 3.63) is 11.8 Å². The molecule has 0 atom stereocenters. The molecule has 0 aliphatic carbocycles. The zero-order valence-corrected chi connectivity index (χ0v) is 7.81. The quantitative estimate of drug-likeness (QED) is 0.758. The van der Waals surface area contributed by atoms with Gasteiger partial charge in [-0.05, 0) is 13.8 Å². The lowest BCUT2D eigenvalue weighted by Crippen LogP contribution is -2.11. The number of aromatic carboxylic acids is 1. The van der Waals surface area contributed by atoms with E-state index < -0.39 is 5.97 Å². The van der Waals surface area contributed by atoms with Crippen molar-refractivity contribution in [1.29, 1.82) is 0 Å². The van der Waals surface area contributed by atoms with Gasteiger partial charge in [0.25, 0.3) is 0 Å². The third kappa shape index (κ3) is 1.99. The SMILES string of the molecule is CC(C)Oc1c(C(=O)O)cnn1C. The molecule has 1 rings (SSSR count). The normalized spacial score (nSPS) is 10.5. The van der Waals surface area contributed by atoms with E-state index in [0.717, 1.165) is 0 Å².